The minimum atomic E-state index is 0.228. The Kier molecular flexibility index (Phi) is 3.00. The van der Waals surface area contributed by atoms with E-state index in [0.29, 0.717) is 29.5 Å². The lowest BCUT2D eigenvalue weighted by atomic mass is 10.0. The quantitative estimate of drug-likeness (QED) is 0.804. The van der Waals surface area contributed by atoms with E-state index in [2.05, 4.69) is 4.84 Å². The van der Waals surface area contributed by atoms with Crippen molar-refractivity contribution in [2.75, 3.05) is 13.4 Å². The van der Waals surface area contributed by atoms with Crippen LogP contribution in [0.5, 0.6) is 11.5 Å². The fraction of sp³-hybridized carbons (Fsp3) is 0.400. The molecular formula is C10H12ClNO3. The molecule has 0 amide bonds. The van der Waals surface area contributed by atoms with Gasteiger partial charge in [-0.1, -0.05) is 11.6 Å². The summed E-state index contributed by atoms with van der Waals surface area (Å²) in [6.45, 7) is 2.63. The van der Waals surface area contributed by atoms with Gasteiger partial charge in [-0.05, 0) is 30.5 Å². The number of nitrogens with two attached hydrogens (primary N) is 1. The highest BCUT2D eigenvalue weighted by Crippen LogP contribution is 2.42. The third-order valence-corrected chi connectivity index (χ3v) is 2.80. The van der Waals surface area contributed by atoms with Gasteiger partial charge in [-0.3, -0.25) is 0 Å². The smallest absolute Gasteiger partial charge is 0.231 e. The summed E-state index contributed by atoms with van der Waals surface area (Å²) in [5.74, 6) is 6.31. The van der Waals surface area contributed by atoms with Crippen molar-refractivity contribution in [1.82, 2.24) is 0 Å². The summed E-state index contributed by atoms with van der Waals surface area (Å²) in [6, 6.07) is 1.92. The van der Waals surface area contributed by atoms with Gasteiger partial charge in [-0.25, -0.2) is 5.90 Å². The first-order chi connectivity index (χ1) is 7.24. The van der Waals surface area contributed by atoms with E-state index < -0.39 is 0 Å². The standard InChI is InChI=1S/C10H12ClNO3/c1-6-4-8-10(14-5-13-8)9(11)7(6)2-3-15-12/h4H,2-3,5,12H2,1H3. The fourth-order valence-corrected chi connectivity index (χ4v) is 2.02. The number of rotatable bonds is 3. The van der Waals surface area contributed by atoms with Crippen molar-refractivity contribution >= 4 is 11.6 Å². The molecule has 82 valence electrons. The van der Waals surface area contributed by atoms with Crippen molar-refractivity contribution in [1.29, 1.82) is 0 Å². The van der Waals surface area contributed by atoms with Gasteiger partial charge in [0, 0.05) is 0 Å². The van der Waals surface area contributed by atoms with Crippen molar-refractivity contribution in [3.05, 3.63) is 22.2 Å². The van der Waals surface area contributed by atoms with E-state index in [1.54, 1.807) is 0 Å². The first-order valence-electron chi connectivity index (χ1n) is 4.63. The van der Waals surface area contributed by atoms with Crippen LogP contribution in [0.3, 0.4) is 0 Å². The highest BCUT2D eigenvalue weighted by molar-refractivity contribution is 6.33. The van der Waals surface area contributed by atoms with E-state index >= 15 is 0 Å². The summed E-state index contributed by atoms with van der Waals surface area (Å²) in [5, 5.41) is 0.597. The molecule has 4 nitrogen and oxygen atoms in total. The molecule has 0 atom stereocenters. The van der Waals surface area contributed by atoms with E-state index in [0.717, 1.165) is 11.1 Å². The number of fused-ring (bicyclic) bond motifs is 1. The maximum absolute atomic E-state index is 6.19. The van der Waals surface area contributed by atoms with E-state index in [1.165, 1.54) is 0 Å². The summed E-state index contributed by atoms with van der Waals surface area (Å²) < 4.78 is 10.5. The third-order valence-electron chi connectivity index (χ3n) is 2.40. The molecule has 0 aromatic heterocycles. The molecule has 0 unspecified atom stereocenters. The maximum Gasteiger partial charge on any atom is 0.231 e. The number of halogens is 1. The molecular weight excluding hydrogens is 218 g/mol. The minimum absolute atomic E-state index is 0.228. The van der Waals surface area contributed by atoms with Gasteiger partial charge in [-0.15, -0.1) is 0 Å². The van der Waals surface area contributed by atoms with Gasteiger partial charge in [0.25, 0.3) is 0 Å². The van der Waals surface area contributed by atoms with E-state index in [1.807, 2.05) is 13.0 Å². The number of aryl methyl sites for hydroxylation is 1. The Morgan fingerprint density at radius 3 is 3.07 bits per heavy atom. The highest BCUT2D eigenvalue weighted by Gasteiger charge is 2.21. The van der Waals surface area contributed by atoms with Crippen LogP contribution in [-0.2, 0) is 11.3 Å². The lowest BCUT2D eigenvalue weighted by molar-refractivity contribution is 0.141. The molecule has 0 bridgehead atoms. The largest absolute Gasteiger partial charge is 0.454 e. The topological polar surface area (TPSA) is 53.7 Å². The summed E-state index contributed by atoms with van der Waals surface area (Å²) in [7, 11) is 0. The Morgan fingerprint density at radius 1 is 1.53 bits per heavy atom. The average molecular weight is 230 g/mol. The van der Waals surface area contributed by atoms with Crippen LogP contribution in [0.1, 0.15) is 11.1 Å². The number of benzene rings is 1. The van der Waals surface area contributed by atoms with Gasteiger partial charge in [-0.2, -0.15) is 0 Å². The van der Waals surface area contributed by atoms with Crippen LogP contribution >= 0.6 is 11.6 Å². The second kappa shape index (κ2) is 4.26. The van der Waals surface area contributed by atoms with Crippen LogP contribution < -0.4 is 15.4 Å². The molecule has 2 rings (SSSR count). The highest BCUT2D eigenvalue weighted by atomic mass is 35.5. The van der Waals surface area contributed by atoms with E-state index in [-0.39, 0.29) is 6.79 Å². The van der Waals surface area contributed by atoms with Gasteiger partial charge >= 0.3 is 0 Å². The fourth-order valence-electron chi connectivity index (χ4n) is 1.63. The molecule has 1 aromatic carbocycles. The second-order valence-corrected chi connectivity index (χ2v) is 3.72. The molecule has 1 heterocycles. The van der Waals surface area contributed by atoms with Crippen LogP contribution in [0, 0.1) is 6.92 Å². The Balaban J connectivity index is 2.37. The SMILES string of the molecule is Cc1cc2c(c(Cl)c1CCON)OCO2. The summed E-state index contributed by atoms with van der Waals surface area (Å²) in [6.07, 6.45) is 0.664. The van der Waals surface area contributed by atoms with Gasteiger partial charge in [0.15, 0.2) is 11.5 Å². The molecule has 15 heavy (non-hydrogen) atoms. The van der Waals surface area contributed by atoms with E-state index in [9.17, 15) is 0 Å². The Labute approximate surface area is 92.8 Å². The lowest BCUT2D eigenvalue weighted by Gasteiger charge is -2.09. The van der Waals surface area contributed by atoms with Crippen LogP contribution in [-0.4, -0.2) is 13.4 Å². The summed E-state index contributed by atoms with van der Waals surface area (Å²) in [4.78, 5) is 4.54. The molecule has 0 saturated carbocycles. The van der Waals surface area contributed by atoms with Crippen molar-refractivity contribution < 1.29 is 14.3 Å². The average Bonchev–Trinajstić information content (AvgIpc) is 2.65. The maximum atomic E-state index is 6.19. The molecule has 0 fully saturated rings. The third kappa shape index (κ3) is 1.88. The molecule has 5 heteroatoms. The van der Waals surface area contributed by atoms with Gasteiger partial charge < -0.3 is 14.3 Å². The summed E-state index contributed by atoms with van der Waals surface area (Å²) in [5.41, 5.74) is 2.05. The predicted octanol–water partition coefficient (Wildman–Crippen LogP) is 1.81. The Bertz CT molecular complexity index is 381. The van der Waals surface area contributed by atoms with Crippen LogP contribution in [0.2, 0.25) is 5.02 Å². The zero-order chi connectivity index (χ0) is 10.8. The number of hydrogen-bond donors (Lipinski definition) is 1. The Hall–Kier alpha value is -0.970. The normalized spacial score (nSPS) is 13.3. The van der Waals surface area contributed by atoms with Crippen LogP contribution in [0.25, 0.3) is 0 Å². The second-order valence-electron chi connectivity index (χ2n) is 3.34. The van der Waals surface area contributed by atoms with Crippen molar-refractivity contribution in [3.8, 4) is 11.5 Å². The first-order valence-corrected chi connectivity index (χ1v) is 5.01. The number of hydrogen-bond acceptors (Lipinski definition) is 4. The minimum Gasteiger partial charge on any atom is -0.454 e. The van der Waals surface area contributed by atoms with Crippen molar-refractivity contribution in [3.63, 3.8) is 0 Å². The zero-order valence-corrected chi connectivity index (χ0v) is 9.13. The molecule has 0 radical (unpaired) electrons. The molecule has 1 aliphatic rings. The molecule has 1 aliphatic heterocycles. The Morgan fingerprint density at radius 2 is 2.33 bits per heavy atom. The zero-order valence-electron chi connectivity index (χ0n) is 8.38. The van der Waals surface area contributed by atoms with E-state index in [4.69, 9.17) is 27.0 Å². The molecule has 0 spiro atoms. The van der Waals surface area contributed by atoms with Crippen molar-refractivity contribution in [2.45, 2.75) is 13.3 Å². The monoisotopic (exact) mass is 229 g/mol. The first kappa shape index (κ1) is 10.5. The summed E-state index contributed by atoms with van der Waals surface area (Å²) >= 11 is 6.19. The van der Waals surface area contributed by atoms with Crippen molar-refractivity contribution in [2.24, 2.45) is 5.90 Å². The molecule has 0 aliphatic carbocycles. The number of ether oxygens (including phenoxy) is 2. The van der Waals surface area contributed by atoms with Gasteiger partial charge in [0.05, 0.1) is 11.6 Å². The van der Waals surface area contributed by atoms with Crippen LogP contribution in [0.4, 0.5) is 0 Å². The van der Waals surface area contributed by atoms with Gasteiger partial charge in [0.1, 0.15) is 0 Å². The predicted molar refractivity (Wildman–Crippen MR) is 56.2 cm³/mol. The lowest BCUT2D eigenvalue weighted by Crippen LogP contribution is -2.05. The molecule has 1 aromatic rings. The molecule has 0 saturated heterocycles. The van der Waals surface area contributed by atoms with Gasteiger partial charge in [0.2, 0.25) is 6.79 Å². The molecule has 2 N–H and O–H groups in total. The van der Waals surface area contributed by atoms with Crippen LogP contribution in [0.15, 0.2) is 6.07 Å².